The van der Waals surface area contributed by atoms with E-state index in [0.717, 1.165) is 30.4 Å². The van der Waals surface area contributed by atoms with Crippen LogP contribution in [0.1, 0.15) is 37.8 Å². The molecule has 0 spiro atoms. The van der Waals surface area contributed by atoms with E-state index in [1.807, 2.05) is 6.92 Å². The van der Waals surface area contributed by atoms with Crippen molar-refractivity contribution in [3.63, 3.8) is 0 Å². The van der Waals surface area contributed by atoms with Crippen molar-refractivity contribution in [3.05, 3.63) is 28.8 Å². The van der Waals surface area contributed by atoms with E-state index in [0.29, 0.717) is 11.5 Å². The summed E-state index contributed by atoms with van der Waals surface area (Å²) in [4.78, 5) is 0. The van der Waals surface area contributed by atoms with Crippen LogP contribution in [-0.2, 0) is 6.42 Å². The lowest BCUT2D eigenvalue weighted by atomic mass is 9.99. The molecule has 0 aromatic heterocycles. The fourth-order valence-corrected chi connectivity index (χ4v) is 2.18. The number of phenolic OH excluding ortho intramolecular Hbond substituents is 1. The van der Waals surface area contributed by atoms with Crippen molar-refractivity contribution >= 4 is 0 Å². The summed E-state index contributed by atoms with van der Waals surface area (Å²) in [5, 5.41) is 10.1. The zero-order valence-electron chi connectivity index (χ0n) is 12.5. The number of benzene rings is 1. The van der Waals surface area contributed by atoms with Gasteiger partial charge in [0.1, 0.15) is 5.75 Å². The van der Waals surface area contributed by atoms with Crippen molar-refractivity contribution in [3.8, 4) is 17.2 Å². The number of phenols is 1. The van der Waals surface area contributed by atoms with Crippen LogP contribution in [0.5, 0.6) is 17.2 Å². The Kier molecular flexibility index (Phi) is 5.74. The number of methoxy groups -OCH3 is 2. The van der Waals surface area contributed by atoms with Gasteiger partial charge < -0.3 is 14.6 Å². The summed E-state index contributed by atoms with van der Waals surface area (Å²) in [7, 11) is 3.19. The van der Waals surface area contributed by atoms with Gasteiger partial charge in [-0.25, -0.2) is 0 Å². The zero-order chi connectivity index (χ0) is 14.4. The number of hydrogen-bond donors (Lipinski definition) is 1. The third-order valence-corrected chi connectivity index (χ3v) is 3.20. The highest BCUT2D eigenvalue weighted by Gasteiger charge is 2.15. The molecule has 0 radical (unpaired) electrons. The molecule has 1 rings (SSSR count). The van der Waals surface area contributed by atoms with E-state index in [9.17, 15) is 5.11 Å². The average Bonchev–Trinajstić information content (AvgIpc) is 2.36. The average molecular weight is 264 g/mol. The molecular formula is C16H24O3. The van der Waals surface area contributed by atoms with Gasteiger partial charge in [0.05, 0.1) is 14.2 Å². The zero-order valence-corrected chi connectivity index (χ0v) is 12.5. The molecule has 106 valence electrons. The maximum Gasteiger partial charge on any atom is 0.164 e. The molecule has 1 aromatic carbocycles. The van der Waals surface area contributed by atoms with Crippen molar-refractivity contribution in [1.29, 1.82) is 0 Å². The Labute approximate surface area is 115 Å². The summed E-state index contributed by atoms with van der Waals surface area (Å²) in [6.45, 7) is 6.15. The van der Waals surface area contributed by atoms with Crippen LogP contribution in [0.3, 0.4) is 0 Å². The maximum atomic E-state index is 10.1. The molecule has 0 atom stereocenters. The second-order valence-corrected chi connectivity index (χ2v) is 4.91. The molecular weight excluding hydrogens is 240 g/mol. The molecule has 1 aromatic rings. The van der Waals surface area contributed by atoms with Crippen LogP contribution in [0.2, 0.25) is 0 Å². The third-order valence-electron chi connectivity index (χ3n) is 3.20. The molecule has 0 aliphatic heterocycles. The van der Waals surface area contributed by atoms with E-state index < -0.39 is 0 Å². The highest BCUT2D eigenvalue weighted by molar-refractivity contribution is 5.56. The Morgan fingerprint density at radius 2 is 1.95 bits per heavy atom. The third kappa shape index (κ3) is 3.91. The van der Waals surface area contributed by atoms with Crippen LogP contribution in [0, 0.1) is 6.92 Å². The largest absolute Gasteiger partial charge is 0.508 e. The topological polar surface area (TPSA) is 38.7 Å². The standard InChI is InChI=1S/C16H24O3/c1-11(2)8-6-7-9-13-12(3)16(19-5)15(18-4)10-14(13)17/h8,10,17H,6-7,9H2,1-5H3. The van der Waals surface area contributed by atoms with Crippen molar-refractivity contribution in [2.24, 2.45) is 0 Å². The first-order valence-electron chi connectivity index (χ1n) is 6.58. The van der Waals surface area contributed by atoms with Crippen LogP contribution >= 0.6 is 0 Å². The van der Waals surface area contributed by atoms with Crippen LogP contribution in [0.4, 0.5) is 0 Å². The molecule has 0 amide bonds. The van der Waals surface area contributed by atoms with Gasteiger partial charge in [0.15, 0.2) is 11.5 Å². The Bertz CT molecular complexity index is 458. The Morgan fingerprint density at radius 1 is 1.26 bits per heavy atom. The van der Waals surface area contributed by atoms with Gasteiger partial charge in [0.25, 0.3) is 0 Å². The molecule has 0 aliphatic carbocycles. The summed E-state index contributed by atoms with van der Waals surface area (Å²) in [6, 6.07) is 1.63. The van der Waals surface area contributed by atoms with Gasteiger partial charge >= 0.3 is 0 Å². The van der Waals surface area contributed by atoms with Gasteiger partial charge in [0.2, 0.25) is 0 Å². The quantitative estimate of drug-likeness (QED) is 0.623. The summed E-state index contributed by atoms with van der Waals surface area (Å²) >= 11 is 0. The van der Waals surface area contributed by atoms with Crippen LogP contribution in [0.25, 0.3) is 0 Å². The van der Waals surface area contributed by atoms with E-state index in [-0.39, 0.29) is 5.75 Å². The van der Waals surface area contributed by atoms with E-state index in [4.69, 9.17) is 9.47 Å². The van der Waals surface area contributed by atoms with Gasteiger partial charge in [-0.05, 0) is 40.0 Å². The van der Waals surface area contributed by atoms with E-state index in [1.165, 1.54) is 5.57 Å². The summed E-state index contributed by atoms with van der Waals surface area (Å²) < 4.78 is 10.6. The number of rotatable bonds is 6. The molecule has 19 heavy (non-hydrogen) atoms. The second kappa shape index (κ2) is 7.07. The lowest BCUT2D eigenvalue weighted by molar-refractivity contribution is 0.348. The van der Waals surface area contributed by atoms with Crippen molar-refractivity contribution in [2.45, 2.75) is 40.0 Å². The molecule has 3 nitrogen and oxygen atoms in total. The molecule has 0 unspecified atom stereocenters. The lowest BCUT2D eigenvalue weighted by Crippen LogP contribution is -1.98. The lowest BCUT2D eigenvalue weighted by Gasteiger charge is -2.15. The molecule has 0 aliphatic rings. The van der Waals surface area contributed by atoms with E-state index in [2.05, 4.69) is 19.9 Å². The van der Waals surface area contributed by atoms with Crippen LogP contribution in [0.15, 0.2) is 17.7 Å². The first kappa shape index (κ1) is 15.4. The summed E-state index contributed by atoms with van der Waals surface area (Å²) in [5.41, 5.74) is 3.23. The predicted molar refractivity (Wildman–Crippen MR) is 78.3 cm³/mol. The SMILES string of the molecule is COc1cc(O)c(CCCC=C(C)C)c(C)c1OC. The number of unbranched alkanes of at least 4 members (excludes halogenated alkanes) is 1. The van der Waals surface area contributed by atoms with Crippen molar-refractivity contribution in [1.82, 2.24) is 0 Å². The van der Waals surface area contributed by atoms with E-state index >= 15 is 0 Å². The Balaban J connectivity index is 2.92. The minimum atomic E-state index is 0.285. The Morgan fingerprint density at radius 3 is 2.47 bits per heavy atom. The van der Waals surface area contributed by atoms with Gasteiger partial charge in [-0.15, -0.1) is 0 Å². The van der Waals surface area contributed by atoms with Gasteiger partial charge in [-0.1, -0.05) is 11.6 Å². The second-order valence-electron chi connectivity index (χ2n) is 4.91. The molecule has 0 saturated carbocycles. The fourth-order valence-electron chi connectivity index (χ4n) is 2.18. The van der Waals surface area contributed by atoms with Crippen molar-refractivity contribution in [2.75, 3.05) is 14.2 Å². The highest BCUT2D eigenvalue weighted by atomic mass is 16.5. The van der Waals surface area contributed by atoms with Gasteiger partial charge in [-0.2, -0.15) is 0 Å². The molecule has 3 heteroatoms. The van der Waals surface area contributed by atoms with Crippen LogP contribution < -0.4 is 9.47 Å². The maximum absolute atomic E-state index is 10.1. The fraction of sp³-hybridized carbons (Fsp3) is 0.500. The number of hydrogen-bond acceptors (Lipinski definition) is 3. The number of ether oxygens (including phenoxy) is 2. The summed E-state index contributed by atoms with van der Waals surface area (Å²) in [6.07, 6.45) is 5.08. The molecule has 0 bridgehead atoms. The minimum Gasteiger partial charge on any atom is -0.508 e. The predicted octanol–water partition coefficient (Wildman–Crippen LogP) is 4.01. The van der Waals surface area contributed by atoms with Gasteiger partial charge in [-0.3, -0.25) is 0 Å². The van der Waals surface area contributed by atoms with Gasteiger partial charge in [0, 0.05) is 17.2 Å². The highest BCUT2D eigenvalue weighted by Crippen LogP contribution is 2.39. The van der Waals surface area contributed by atoms with Crippen LogP contribution in [-0.4, -0.2) is 19.3 Å². The normalized spacial score (nSPS) is 10.2. The molecule has 0 heterocycles. The Hall–Kier alpha value is -1.64. The molecule has 0 fully saturated rings. The van der Waals surface area contributed by atoms with Crippen molar-refractivity contribution < 1.29 is 14.6 Å². The van der Waals surface area contributed by atoms with E-state index in [1.54, 1.807) is 20.3 Å². The first-order valence-corrected chi connectivity index (χ1v) is 6.58. The summed E-state index contributed by atoms with van der Waals surface area (Å²) in [5.74, 6) is 1.57. The smallest absolute Gasteiger partial charge is 0.164 e. The monoisotopic (exact) mass is 264 g/mol. The number of allylic oxidation sites excluding steroid dienone is 2. The number of aromatic hydroxyl groups is 1. The minimum absolute atomic E-state index is 0.285. The first-order chi connectivity index (χ1) is 9.01. The molecule has 0 saturated heterocycles. The molecule has 1 N–H and O–H groups in total.